The fraction of sp³-hybridized carbons (Fsp3) is 0.615. The number of aryl methyl sites for hydroxylation is 1. The third-order valence-electron chi connectivity index (χ3n) is 2.35. The van der Waals surface area contributed by atoms with Crippen LogP contribution >= 0.6 is 0 Å². The first kappa shape index (κ1) is 14.9. The van der Waals surface area contributed by atoms with E-state index in [1.54, 1.807) is 7.11 Å². The standard InChI is InChI=1S/C13H22N2O3/c1-4-17-10-18-13-6-5-11(2)15-12(13)9-14-7-8-16-3/h5-6,14H,4,7-10H2,1-3H3. The van der Waals surface area contributed by atoms with E-state index in [-0.39, 0.29) is 6.79 Å². The fourth-order valence-corrected chi connectivity index (χ4v) is 1.43. The van der Waals surface area contributed by atoms with Crippen LogP contribution in [0.4, 0.5) is 0 Å². The van der Waals surface area contributed by atoms with Gasteiger partial charge in [0.25, 0.3) is 0 Å². The zero-order valence-electron chi connectivity index (χ0n) is 11.4. The zero-order chi connectivity index (χ0) is 13.2. The SMILES string of the molecule is CCOCOc1ccc(C)nc1CNCCOC. The molecule has 1 heterocycles. The summed E-state index contributed by atoms with van der Waals surface area (Å²) < 4.78 is 15.7. The highest BCUT2D eigenvalue weighted by atomic mass is 16.7. The summed E-state index contributed by atoms with van der Waals surface area (Å²) in [5.74, 6) is 0.763. The van der Waals surface area contributed by atoms with Gasteiger partial charge < -0.3 is 19.5 Å². The summed E-state index contributed by atoms with van der Waals surface area (Å²) in [7, 11) is 1.68. The minimum Gasteiger partial charge on any atom is -0.466 e. The van der Waals surface area contributed by atoms with Gasteiger partial charge in [-0.15, -0.1) is 0 Å². The largest absolute Gasteiger partial charge is 0.466 e. The lowest BCUT2D eigenvalue weighted by Crippen LogP contribution is -2.20. The highest BCUT2D eigenvalue weighted by Crippen LogP contribution is 2.16. The van der Waals surface area contributed by atoms with Crippen molar-refractivity contribution in [3.8, 4) is 5.75 Å². The molecule has 0 saturated heterocycles. The summed E-state index contributed by atoms with van der Waals surface area (Å²) in [5.41, 5.74) is 1.87. The first-order chi connectivity index (χ1) is 8.77. The Morgan fingerprint density at radius 3 is 2.89 bits per heavy atom. The quantitative estimate of drug-likeness (QED) is 0.534. The number of pyridine rings is 1. The number of rotatable bonds is 9. The molecule has 1 aromatic heterocycles. The van der Waals surface area contributed by atoms with Crippen molar-refractivity contribution in [2.45, 2.75) is 20.4 Å². The Hall–Kier alpha value is -1.17. The molecule has 0 aromatic carbocycles. The molecule has 0 aliphatic rings. The van der Waals surface area contributed by atoms with E-state index in [2.05, 4.69) is 10.3 Å². The van der Waals surface area contributed by atoms with Crippen molar-refractivity contribution in [3.05, 3.63) is 23.5 Å². The second-order valence-electron chi connectivity index (χ2n) is 3.82. The highest BCUT2D eigenvalue weighted by Gasteiger charge is 2.05. The molecule has 0 aliphatic heterocycles. The number of aromatic nitrogens is 1. The first-order valence-corrected chi connectivity index (χ1v) is 6.14. The van der Waals surface area contributed by atoms with Crippen molar-refractivity contribution in [3.63, 3.8) is 0 Å². The fourth-order valence-electron chi connectivity index (χ4n) is 1.43. The van der Waals surface area contributed by atoms with Gasteiger partial charge in [0, 0.05) is 32.5 Å². The number of hydrogen-bond donors (Lipinski definition) is 1. The van der Waals surface area contributed by atoms with Gasteiger partial charge in [-0.1, -0.05) is 0 Å². The van der Waals surface area contributed by atoms with Gasteiger partial charge in [0.1, 0.15) is 5.75 Å². The summed E-state index contributed by atoms with van der Waals surface area (Å²) in [6, 6.07) is 3.86. The summed E-state index contributed by atoms with van der Waals surface area (Å²) >= 11 is 0. The van der Waals surface area contributed by atoms with Crippen LogP contribution in [0.5, 0.6) is 5.75 Å². The Labute approximate surface area is 108 Å². The van der Waals surface area contributed by atoms with E-state index >= 15 is 0 Å². The molecule has 1 N–H and O–H groups in total. The smallest absolute Gasteiger partial charge is 0.189 e. The van der Waals surface area contributed by atoms with Crippen molar-refractivity contribution in [1.82, 2.24) is 10.3 Å². The summed E-state index contributed by atoms with van der Waals surface area (Å²) in [4.78, 5) is 4.47. The van der Waals surface area contributed by atoms with Crippen LogP contribution < -0.4 is 10.1 Å². The van der Waals surface area contributed by atoms with E-state index in [1.807, 2.05) is 26.0 Å². The summed E-state index contributed by atoms with van der Waals surface area (Å²) in [5, 5.41) is 3.25. The Balaban J connectivity index is 2.53. The van der Waals surface area contributed by atoms with Crippen LogP contribution in [-0.4, -0.2) is 38.6 Å². The third kappa shape index (κ3) is 5.44. The molecule has 0 bridgehead atoms. The van der Waals surface area contributed by atoms with Gasteiger partial charge >= 0.3 is 0 Å². The van der Waals surface area contributed by atoms with Crippen molar-refractivity contribution in [2.75, 3.05) is 33.7 Å². The van der Waals surface area contributed by atoms with Crippen LogP contribution in [0.1, 0.15) is 18.3 Å². The van der Waals surface area contributed by atoms with Crippen LogP contribution in [0, 0.1) is 6.92 Å². The number of hydrogen-bond acceptors (Lipinski definition) is 5. The monoisotopic (exact) mass is 254 g/mol. The molecule has 1 rings (SSSR count). The topological polar surface area (TPSA) is 52.6 Å². The molecule has 102 valence electrons. The van der Waals surface area contributed by atoms with Gasteiger partial charge in [0.15, 0.2) is 6.79 Å². The van der Waals surface area contributed by atoms with Gasteiger partial charge in [-0.2, -0.15) is 0 Å². The molecule has 0 fully saturated rings. The van der Waals surface area contributed by atoms with E-state index in [0.29, 0.717) is 19.8 Å². The van der Waals surface area contributed by atoms with Gasteiger partial charge in [-0.3, -0.25) is 4.98 Å². The number of nitrogens with zero attached hydrogens (tertiary/aromatic N) is 1. The predicted molar refractivity (Wildman–Crippen MR) is 69.7 cm³/mol. The molecule has 1 aromatic rings. The molecule has 0 radical (unpaired) electrons. The van der Waals surface area contributed by atoms with Crippen LogP contribution in [0.2, 0.25) is 0 Å². The summed E-state index contributed by atoms with van der Waals surface area (Å²) in [6.45, 7) is 6.92. The molecular formula is C13H22N2O3. The maximum absolute atomic E-state index is 5.53. The minimum atomic E-state index is 0.256. The first-order valence-electron chi connectivity index (χ1n) is 6.14. The lowest BCUT2D eigenvalue weighted by molar-refractivity contribution is 0.0215. The van der Waals surface area contributed by atoms with Gasteiger partial charge in [-0.25, -0.2) is 0 Å². The second-order valence-corrected chi connectivity index (χ2v) is 3.82. The van der Waals surface area contributed by atoms with E-state index < -0.39 is 0 Å². The maximum atomic E-state index is 5.53. The minimum absolute atomic E-state index is 0.256. The van der Waals surface area contributed by atoms with Crippen molar-refractivity contribution < 1.29 is 14.2 Å². The molecule has 18 heavy (non-hydrogen) atoms. The number of methoxy groups -OCH3 is 1. The van der Waals surface area contributed by atoms with E-state index in [9.17, 15) is 0 Å². The average molecular weight is 254 g/mol. The summed E-state index contributed by atoms with van der Waals surface area (Å²) in [6.07, 6.45) is 0. The molecule has 0 spiro atoms. The Morgan fingerprint density at radius 2 is 2.17 bits per heavy atom. The molecule has 0 atom stereocenters. The van der Waals surface area contributed by atoms with Crippen LogP contribution in [-0.2, 0) is 16.0 Å². The van der Waals surface area contributed by atoms with Crippen LogP contribution in [0.15, 0.2) is 12.1 Å². The van der Waals surface area contributed by atoms with Crippen molar-refractivity contribution in [2.24, 2.45) is 0 Å². The molecule has 0 saturated carbocycles. The van der Waals surface area contributed by atoms with Crippen LogP contribution in [0.3, 0.4) is 0 Å². The molecule has 0 aliphatic carbocycles. The number of nitrogens with one attached hydrogen (secondary N) is 1. The lowest BCUT2D eigenvalue weighted by Gasteiger charge is -2.12. The van der Waals surface area contributed by atoms with Crippen molar-refractivity contribution in [1.29, 1.82) is 0 Å². The third-order valence-corrected chi connectivity index (χ3v) is 2.35. The van der Waals surface area contributed by atoms with Gasteiger partial charge in [0.2, 0.25) is 0 Å². The molecular weight excluding hydrogens is 232 g/mol. The molecule has 0 amide bonds. The van der Waals surface area contributed by atoms with Crippen LogP contribution in [0.25, 0.3) is 0 Å². The van der Waals surface area contributed by atoms with Gasteiger partial charge in [0.05, 0.1) is 12.3 Å². The van der Waals surface area contributed by atoms with E-state index in [0.717, 1.165) is 23.7 Å². The zero-order valence-corrected chi connectivity index (χ0v) is 11.4. The Morgan fingerprint density at radius 1 is 1.33 bits per heavy atom. The van der Waals surface area contributed by atoms with E-state index in [1.165, 1.54) is 0 Å². The van der Waals surface area contributed by atoms with E-state index in [4.69, 9.17) is 14.2 Å². The average Bonchev–Trinajstić information content (AvgIpc) is 2.37. The highest BCUT2D eigenvalue weighted by molar-refractivity contribution is 5.29. The Kier molecular flexibility index (Phi) is 7.32. The normalized spacial score (nSPS) is 10.6. The van der Waals surface area contributed by atoms with Gasteiger partial charge in [-0.05, 0) is 26.0 Å². The lowest BCUT2D eigenvalue weighted by atomic mass is 10.3. The molecule has 5 heteroatoms. The van der Waals surface area contributed by atoms with Crippen molar-refractivity contribution >= 4 is 0 Å². The number of ether oxygens (including phenoxy) is 3. The predicted octanol–water partition coefficient (Wildman–Crippen LogP) is 1.50. The molecule has 0 unspecified atom stereocenters. The second kappa shape index (κ2) is 8.85. The Bertz CT molecular complexity index is 345. The maximum Gasteiger partial charge on any atom is 0.189 e. The molecule has 5 nitrogen and oxygen atoms in total.